The van der Waals surface area contributed by atoms with Crippen molar-refractivity contribution >= 4 is 23.9 Å². The second-order valence-corrected chi connectivity index (χ2v) is 4.25. The number of hydrogen-bond acceptors (Lipinski definition) is 8. The first kappa shape index (κ1) is 18.4. The number of nitrogens with two attached hydrogens (primary N) is 2. The van der Waals surface area contributed by atoms with Gasteiger partial charge in [-0.3, -0.25) is 0 Å². The summed E-state index contributed by atoms with van der Waals surface area (Å²) in [7, 11) is 0. The van der Waals surface area contributed by atoms with Gasteiger partial charge in [0, 0.05) is 11.1 Å². The Hall–Kier alpha value is -3.68. The number of nitrogens with zero attached hydrogens (tertiary/aromatic N) is 4. The summed E-state index contributed by atoms with van der Waals surface area (Å²) >= 11 is 0. The van der Waals surface area contributed by atoms with E-state index in [4.69, 9.17) is 22.1 Å². The molecular weight excluding hydrogens is 308 g/mol. The zero-order valence-corrected chi connectivity index (χ0v) is 12.8. The fourth-order valence-corrected chi connectivity index (χ4v) is 1.69. The smallest absolute Gasteiger partial charge is 0.111 e. The molecule has 0 aliphatic rings. The van der Waals surface area contributed by atoms with Gasteiger partial charge in [-0.15, -0.1) is 0 Å². The van der Waals surface area contributed by atoms with Crippen LogP contribution in [0.5, 0.6) is 0 Å². The molecule has 124 valence electrons. The first-order chi connectivity index (χ1) is 11.8. The van der Waals surface area contributed by atoms with Crippen molar-refractivity contribution in [2.24, 2.45) is 32.2 Å². The molecule has 0 atom stereocenters. The van der Waals surface area contributed by atoms with Crippen LogP contribution >= 0.6 is 0 Å². The Morgan fingerprint density at radius 1 is 0.667 bits per heavy atom. The van der Waals surface area contributed by atoms with Gasteiger partial charge in [0.05, 0.1) is 12.4 Å². The highest BCUT2D eigenvalue weighted by Gasteiger charge is 1.98. The monoisotopic (exact) mass is 326 g/mol. The summed E-state index contributed by atoms with van der Waals surface area (Å²) in [5.41, 5.74) is 2.52. The minimum atomic E-state index is 0.443. The lowest BCUT2D eigenvalue weighted by Gasteiger charge is -1.96. The van der Waals surface area contributed by atoms with E-state index in [1.54, 1.807) is 0 Å². The van der Waals surface area contributed by atoms with Crippen LogP contribution in [-0.2, 0) is 0 Å². The second-order valence-electron chi connectivity index (χ2n) is 4.25. The molecule has 2 aromatic carbocycles. The molecule has 0 bridgehead atoms. The second kappa shape index (κ2) is 11.0. The van der Waals surface area contributed by atoms with Gasteiger partial charge in [0.15, 0.2) is 0 Å². The van der Waals surface area contributed by atoms with Crippen LogP contribution in [0.15, 0.2) is 81.2 Å². The maximum Gasteiger partial charge on any atom is 0.111 e. The highest BCUT2D eigenvalue weighted by Crippen LogP contribution is 1.99. The summed E-state index contributed by atoms with van der Waals surface area (Å²) in [6.45, 7) is 0. The van der Waals surface area contributed by atoms with Crippen molar-refractivity contribution in [3.05, 3.63) is 71.8 Å². The van der Waals surface area contributed by atoms with Gasteiger partial charge in [0.2, 0.25) is 0 Å². The van der Waals surface area contributed by atoms with E-state index in [1.807, 2.05) is 60.7 Å². The molecule has 6 N–H and O–H groups in total. The van der Waals surface area contributed by atoms with Gasteiger partial charge in [0.1, 0.15) is 11.4 Å². The van der Waals surface area contributed by atoms with E-state index in [9.17, 15) is 0 Å². The van der Waals surface area contributed by atoms with Gasteiger partial charge >= 0.3 is 0 Å². The normalized spacial score (nSPS) is 12.2. The van der Waals surface area contributed by atoms with E-state index in [0.29, 0.717) is 11.4 Å². The highest BCUT2D eigenvalue weighted by molar-refractivity contribution is 6.38. The predicted molar refractivity (Wildman–Crippen MR) is 94.9 cm³/mol. The van der Waals surface area contributed by atoms with Crippen LogP contribution in [0.3, 0.4) is 0 Å². The SMILES string of the molecule is N/N=C(/C=N/O)c1ccccc1.N/N=C(/C=N/O)c1ccccc1. The van der Waals surface area contributed by atoms with Gasteiger partial charge in [-0.05, 0) is 0 Å². The number of benzene rings is 2. The van der Waals surface area contributed by atoms with Crippen molar-refractivity contribution < 1.29 is 10.4 Å². The Bertz CT molecular complexity index is 648. The van der Waals surface area contributed by atoms with Gasteiger partial charge < -0.3 is 22.1 Å². The third-order valence-electron chi connectivity index (χ3n) is 2.78. The van der Waals surface area contributed by atoms with Crippen molar-refractivity contribution in [1.29, 1.82) is 0 Å². The van der Waals surface area contributed by atoms with E-state index in [-0.39, 0.29) is 0 Å². The van der Waals surface area contributed by atoms with Gasteiger partial charge in [-0.25, -0.2) is 0 Å². The number of rotatable bonds is 4. The third kappa shape index (κ3) is 5.98. The fraction of sp³-hybridized carbons (Fsp3) is 0. The predicted octanol–water partition coefficient (Wildman–Crippen LogP) is 1.62. The zero-order chi connectivity index (χ0) is 17.6. The van der Waals surface area contributed by atoms with Crippen molar-refractivity contribution in [3.63, 3.8) is 0 Å². The molecule has 0 aliphatic heterocycles. The van der Waals surface area contributed by atoms with Crippen LogP contribution in [-0.4, -0.2) is 34.3 Å². The number of hydrazone groups is 2. The average molecular weight is 326 g/mol. The van der Waals surface area contributed by atoms with Crippen molar-refractivity contribution in [3.8, 4) is 0 Å². The zero-order valence-electron chi connectivity index (χ0n) is 12.8. The van der Waals surface area contributed by atoms with E-state index < -0.39 is 0 Å². The number of hydrogen-bond donors (Lipinski definition) is 4. The number of oxime groups is 2. The first-order valence-electron chi connectivity index (χ1n) is 6.78. The lowest BCUT2D eigenvalue weighted by atomic mass is 10.1. The molecule has 0 amide bonds. The van der Waals surface area contributed by atoms with Crippen LogP contribution in [0.25, 0.3) is 0 Å². The maximum absolute atomic E-state index is 8.26. The molecule has 24 heavy (non-hydrogen) atoms. The molecule has 0 radical (unpaired) electrons. The minimum absolute atomic E-state index is 0.443. The van der Waals surface area contributed by atoms with Crippen LogP contribution in [0.4, 0.5) is 0 Å². The molecule has 0 saturated carbocycles. The average Bonchev–Trinajstić information content (AvgIpc) is 2.66. The minimum Gasteiger partial charge on any atom is -0.411 e. The molecule has 8 nitrogen and oxygen atoms in total. The van der Waals surface area contributed by atoms with Crippen molar-refractivity contribution in [2.45, 2.75) is 0 Å². The van der Waals surface area contributed by atoms with E-state index in [2.05, 4.69) is 20.5 Å². The van der Waals surface area contributed by atoms with E-state index >= 15 is 0 Å². The Morgan fingerprint density at radius 3 is 1.25 bits per heavy atom. The lowest BCUT2D eigenvalue weighted by Crippen LogP contribution is -2.05. The van der Waals surface area contributed by atoms with Gasteiger partial charge in [-0.1, -0.05) is 71.0 Å². The first-order valence-corrected chi connectivity index (χ1v) is 6.78. The topological polar surface area (TPSA) is 142 Å². The summed E-state index contributed by atoms with van der Waals surface area (Å²) in [5, 5.41) is 29.1. The van der Waals surface area contributed by atoms with Crippen LogP contribution < -0.4 is 11.7 Å². The van der Waals surface area contributed by atoms with Gasteiger partial charge in [0.25, 0.3) is 0 Å². The molecule has 0 fully saturated rings. The molecule has 0 heterocycles. The molecular formula is C16H18N6O2. The van der Waals surface area contributed by atoms with Crippen LogP contribution in [0.2, 0.25) is 0 Å². The van der Waals surface area contributed by atoms with E-state index in [1.165, 1.54) is 12.4 Å². The van der Waals surface area contributed by atoms with Gasteiger partial charge in [-0.2, -0.15) is 10.2 Å². The lowest BCUT2D eigenvalue weighted by molar-refractivity contribution is 0.322. The summed E-state index contributed by atoms with van der Waals surface area (Å²) in [5.74, 6) is 10.2. The van der Waals surface area contributed by atoms with Crippen molar-refractivity contribution in [1.82, 2.24) is 0 Å². The summed E-state index contributed by atoms with van der Waals surface area (Å²) in [4.78, 5) is 0. The molecule has 0 unspecified atom stereocenters. The standard InChI is InChI=1S/2C8H9N3O/c2*9-11-8(6-10-12)7-4-2-1-3-5-7/h2*1-6,12H,9H2/b2*10-6+,11-8-. The Kier molecular flexibility index (Phi) is 8.39. The molecule has 0 spiro atoms. The summed E-state index contributed by atoms with van der Waals surface area (Å²) in [6.07, 6.45) is 2.38. The third-order valence-corrected chi connectivity index (χ3v) is 2.78. The highest BCUT2D eigenvalue weighted by atomic mass is 16.4. The van der Waals surface area contributed by atoms with Crippen LogP contribution in [0, 0.1) is 0 Å². The fourth-order valence-electron chi connectivity index (χ4n) is 1.69. The molecule has 2 rings (SSSR count). The largest absolute Gasteiger partial charge is 0.411 e. The van der Waals surface area contributed by atoms with Crippen molar-refractivity contribution in [2.75, 3.05) is 0 Å². The summed E-state index contributed by atoms with van der Waals surface area (Å²) in [6, 6.07) is 18.5. The Morgan fingerprint density at radius 2 is 1.00 bits per heavy atom. The molecule has 2 aromatic rings. The van der Waals surface area contributed by atoms with Crippen LogP contribution in [0.1, 0.15) is 11.1 Å². The molecule has 8 heteroatoms. The Balaban J connectivity index is 0.000000240. The van der Waals surface area contributed by atoms with E-state index in [0.717, 1.165) is 11.1 Å². The maximum atomic E-state index is 8.26. The quantitative estimate of drug-likeness (QED) is 0.293. The molecule has 0 saturated heterocycles. The molecule has 0 aliphatic carbocycles. The summed E-state index contributed by atoms with van der Waals surface area (Å²) < 4.78 is 0. The molecule has 0 aromatic heterocycles. The Labute approximate surface area is 139 Å².